The van der Waals surface area contributed by atoms with Crippen molar-refractivity contribution in [2.45, 2.75) is 0 Å². The minimum absolute atomic E-state index is 0.0656. The van der Waals surface area contributed by atoms with Crippen LogP contribution < -0.4 is 5.32 Å². The molecule has 0 bridgehead atoms. The van der Waals surface area contributed by atoms with E-state index in [9.17, 15) is 9.18 Å². The SMILES string of the molecule is O=C(Nc1ccc(Br)cc1F)c1ccc(Cl)cc1-n1cnnn1. The van der Waals surface area contributed by atoms with Crippen molar-refractivity contribution in [3.05, 3.63) is 63.6 Å². The third-order valence-corrected chi connectivity index (χ3v) is 3.71. The normalized spacial score (nSPS) is 10.6. The van der Waals surface area contributed by atoms with E-state index in [2.05, 4.69) is 36.8 Å². The Bertz CT molecular complexity index is 872. The molecule has 2 aromatic carbocycles. The maximum Gasteiger partial charge on any atom is 0.257 e. The van der Waals surface area contributed by atoms with Crippen LogP contribution in [0, 0.1) is 5.82 Å². The van der Waals surface area contributed by atoms with Crippen molar-refractivity contribution in [3.8, 4) is 5.69 Å². The van der Waals surface area contributed by atoms with Crippen molar-refractivity contribution in [1.82, 2.24) is 20.2 Å². The summed E-state index contributed by atoms with van der Waals surface area (Å²) in [6.45, 7) is 0. The van der Waals surface area contributed by atoms with E-state index >= 15 is 0 Å². The Kier molecular flexibility index (Phi) is 4.35. The van der Waals surface area contributed by atoms with E-state index in [4.69, 9.17) is 11.6 Å². The molecule has 3 rings (SSSR count). The maximum absolute atomic E-state index is 13.9. The second-order valence-electron chi connectivity index (χ2n) is 4.49. The third-order valence-electron chi connectivity index (χ3n) is 2.98. The lowest BCUT2D eigenvalue weighted by molar-refractivity contribution is 0.102. The fourth-order valence-corrected chi connectivity index (χ4v) is 2.44. The van der Waals surface area contributed by atoms with Crippen LogP contribution in [0.15, 0.2) is 47.2 Å². The van der Waals surface area contributed by atoms with Crippen LogP contribution in [0.1, 0.15) is 10.4 Å². The van der Waals surface area contributed by atoms with Crippen LogP contribution in [0.2, 0.25) is 5.02 Å². The first-order valence-corrected chi connectivity index (χ1v) is 7.51. The molecule has 1 amide bonds. The van der Waals surface area contributed by atoms with E-state index in [-0.39, 0.29) is 11.3 Å². The number of hydrogen-bond acceptors (Lipinski definition) is 4. The van der Waals surface area contributed by atoms with Crippen molar-refractivity contribution in [2.24, 2.45) is 0 Å². The summed E-state index contributed by atoms with van der Waals surface area (Å²) in [5, 5.41) is 13.7. The summed E-state index contributed by atoms with van der Waals surface area (Å²) in [5.74, 6) is -1.06. The highest BCUT2D eigenvalue weighted by atomic mass is 79.9. The topological polar surface area (TPSA) is 72.7 Å². The van der Waals surface area contributed by atoms with Gasteiger partial charge in [0.1, 0.15) is 12.1 Å². The van der Waals surface area contributed by atoms with Gasteiger partial charge >= 0.3 is 0 Å². The zero-order valence-electron chi connectivity index (χ0n) is 11.4. The van der Waals surface area contributed by atoms with Crippen LogP contribution in [0.3, 0.4) is 0 Å². The summed E-state index contributed by atoms with van der Waals surface area (Å²) in [7, 11) is 0. The molecule has 0 spiro atoms. The molecule has 0 radical (unpaired) electrons. The molecule has 116 valence electrons. The number of anilines is 1. The number of tetrazole rings is 1. The van der Waals surface area contributed by atoms with Gasteiger partial charge in [-0.2, -0.15) is 4.68 Å². The second-order valence-corrected chi connectivity index (χ2v) is 5.85. The number of rotatable bonds is 3. The predicted octanol–water partition coefficient (Wildman–Crippen LogP) is 3.47. The summed E-state index contributed by atoms with van der Waals surface area (Å²) >= 11 is 9.12. The Morgan fingerprint density at radius 1 is 1.26 bits per heavy atom. The number of hydrogen-bond donors (Lipinski definition) is 1. The molecule has 0 atom stereocenters. The van der Waals surface area contributed by atoms with Gasteiger partial charge in [-0.3, -0.25) is 4.79 Å². The molecule has 0 unspecified atom stereocenters. The number of carbonyl (C=O) groups is 1. The van der Waals surface area contributed by atoms with Gasteiger partial charge < -0.3 is 5.32 Å². The molecular formula is C14H8BrClFN5O. The van der Waals surface area contributed by atoms with Gasteiger partial charge in [-0.15, -0.1) is 5.10 Å². The van der Waals surface area contributed by atoms with Crippen LogP contribution in [0.5, 0.6) is 0 Å². The molecule has 9 heteroatoms. The van der Waals surface area contributed by atoms with E-state index in [1.807, 2.05) is 0 Å². The molecular weight excluding hydrogens is 389 g/mol. The van der Waals surface area contributed by atoms with E-state index in [1.165, 1.54) is 29.2 Å². The lowest BCUT2D eigenvalue weighted by Crippen LogP contribution is -2.16. The zero-order chi connectivity index (χ0) is 16.4. The standard InChI is InChI=1S/C14H8BrClFN5O/c15-8-1-4-12(11(17)5-8)19-14(23)10-3-2-9(16)6-13(10)22-7-18-20-21-22/h1-7H,(H,19,23). The highest BCUT2D eigenvalue weighted by molar-refractivity contribution is 9.10. The van der Waals surface area contributed by atoms with Crippen molar-refractivity contribution in [1.29, 1.82) is 0 Å². The van der Waals surface area contributed by atoms with Crippen molar-refractivity contribution in [3.63, 3.8) is 0 Å². The van der Waals surface area contributed by atoms with Gasteiger partial charge in [0.2, 0.25) is 0 Å². The minimum Gasteiger partial charge on any atom is -0.319 e. The Morgan fingerprint density at radius 3 is 2.78 bits per heavy atom. The maximum atomic E-state index is 13.9. The van der Waals surface area contributed by atoms with Crippen molar-refractivity contribution in [2.75, 3.05) is 5.32 Å². The summed E-state index contributed by atoms with van der Waals surface area (Å²) < 4.78 is 15.7. The highest BCUT2D eigenvalue weighted by Crippen LogP contribution is 2.23. The fraction of sp³-hybridized carbons (Fsp3) is 0. The number of aromatic nitrogens is 4. The Hall–Kier alpha value is -2.32. The Labute approximate surface area is 143 Å². The number of carbonyl (C=O) groups excluding carboxylic acids is 1. The summed E-state index contributed by atoms with van der Waals surface area (Å²) in [5.41, 5.74) is 0.706. The second kappa shape index (κ2) is 6.43. The number of benzene rings is 2. The monoisotopic (exact) mass is 395 g/mol. The van der Waals surface area contributed by atoms with Crippen LogP contribution in [0.25, 0.3) is 5.69 Å². The third kappa shape index (κ3) is 3.38. The molecule has 0 fully saturated rings. The summed E-state index contributed by atoms with van der Waals surface area (Å²) in [6.07, 6.45) is 1.34. The van der Waals surface area contributed by atoms with Gasteiger partial charge in [0.15, 0.2) is 0 Å². The largest absolute Gasteiger partial charge is 0.319 e. The van der Waals surface area contributed by atoms with Crippen molar-refractivity contribution < 1.29 is 9.18 Å². The first kappa shape index (κ1) is 15.6. The molecule has 0 aliphatic heterocycles. The van der Waals surface area contributed by atoms with E-state index in [1.54, 1.807) is 18.2 Å². The number of nitrogens with zero attached hydrogens (tertiary/aromatic N) is 4. The predicted molar refractivity (Wildman–Crippen MR) is 86.2 cm³/mol. The van der Waals surface area contributed by atoms with E-state index in [0.29, 0.717) is 15.2 Å². The summed E-state index contributed by atoms with van der Waals surface area (Å²) in [6, 6.07) is 8.98. The van der Waals surface area contributed by atoms with Gasteiger partial charge in [-0.05, 0) is 46.8 Å². The van der Waals surface area contributed by atoms with Crippen LogP contribution in [-0.4, -0.2) is 26.1 Å². The fourth-order valence-electron chi connectivity index (χ4n) is 1.94. The van der Waals surface area contributed by atoms with Gasteiger partial charge in [0.25, 0.3) is 5.91 Å². The lowest BCUT2D eigenvalue weighted by Gasteiger charge is -2.10. The zero-order valence-corrected chi connectivity index (χ0v) is 13.7. The molecule has 6 nitrogen and oxygen atoms in total. The average Bonchev–Trinajstić information content (AvgIpc) is 3.04. The number of halogens is 3. The van der Waals surface area contributed by atoms with Gasteiger partial charge in [0, 0.05) is 9.50 Å². The Morgan fingerprint density at radius 2 is 2.09 bits per heavy atom. The smallest absolute Gasteiger partial charge is 0.257 e. The van der Waals surface area contributed by atoms with Crippen LogP contribution in [0.4, 0.5) is 10.1 Å². The first-order valence-electron chi connectivity index (χ1n) is 6.34. The average molecular weight is 397 g/mol. The minimum atomic E-state index is -0.550. The Balaban J connectivity index is 1.97. The van der Waals surface area contributed by atoms with Crippen LogP contribution in [-0.2, 0) is 0 Å². The molecule has 1 aromatic heterocycles. The van der Waals surface area contributed by atoms with Crippen LogP contribution >= 0.6 is 27.5 Å². The summed E-state index contributed by atoms with van der Waals surface area (Å²) in [4.78, 5) is 12.5. The molecule has 0 aliphatic carbocycles. The quantitative estimate of drug-likeness (QED) is 0.736. The number of amides is 1. The molecule has 0 saturated carbocycles. The van der Waals surface area contributed by atoms with Gasteiger partial charge in [0.05, 0.1) is 16.9 Å². The number of nitrogens with one attached hydrogen (secondary N) is 1. The van der Waals surface area contributed by atoms with E-state index in [0.717, 1.165) is 0 Å². The molecule has 1 heterocycles. The molecule has 0 saturated heterocycles. The van der Waals surface area contributed by atoms with Gasteiger partial charge in [-0.25, -0.2) is 4.39 Å². The first-order chi connectivity index (χ1) is 11.0. The molecule has 3 aromatic rings. The van der Waals surface area contributed by atoms with Crippen molar-refractivity contribution >= 4 is 39.1 Å². The van der Waals surface area contributed by atoms with E-state index < -0.39 is 11.7 Å². The lowest BCUT2D eigenvalue weighted by atomic mass is 10.1. The highest BCUT2D eigenvalue weighted by Gasteiger charge is 2.16. The molecule has 23 heavy (non-hydrogen) atoms. The molecule has 0 aliphatic rings. The van der Waals surface area contributed by atoms with Gasteiger partial charge in [-0.1, -0.05) is 27.5 Å². The molecule has 1 N–H and O–H groups in total.